The summed E-state index contributed by atoms with van der Waals surface area (Å²) in [6.07, 6.45) is 2.00. The Balaban J connectivity index is 1.13. The number of carbonyl (C=O) groups is 6. The van der Waals surface area contributed by atoms with Crippen molar-refractivity contribution in [1.82, 2.24) is 15.2 Å². The van der Waals surface area contributed by atoms with E-state index >= 15 is 4.39 Å². The van der Waals surface area contributed by atoms with Gasteiger partial charge in [0.25, 0.3) is 0 Å². The van der Waals surface area contributed by atoms with Crippen LogP contribution in [0, 0.1) is 22.7 Å². The van der Waals surface area contributed by atoms with Gasteiger partial charge in [-0.3, -0.25) is 33.3 Å². The SMILES string of the molecule is Cn1cc([C@@H]2O[C@@H]3C[C@H]4[C@@H]5CCC6=CC(=O)C=C[C@]6(C)[C@@]5(F)[C@@H](O)C[C@]4(C)[C@]3(C(=O)COP(=O)(O)O)O2)cc1Cc1ccc(CO)c(NC(=O)[C@H](CCC(=O)O)NC(=O)CNC(=O)CBr)c1. The second-order valence-electron chi connectivity index (χ2n) is 18.2. The number of ketones is 2. The number of phosphoric ester groups is 1. The second-order valence-corrected chi connectivity index (χ2v) is 20.0. The van der Waals surface area contributed by atoms with Crippen LogP contribution in [-0.2, 0) is 67.4 Å². The summed E-state index contributed by atoms with van der Waals surface area (Å²) in [5.74, 6) is -5.72. The molecule has 4 aliphatic carbocycles. The maximum absolute atomic E-state index is 17.9. The number of benzene rings is 1. The molecule has 0 spiro atoms. The molecule has 7 rings (SSSR count). The molecule has 1 aliphatic heterocycles. The first-order chi connectivity index (χ1) is 31.0. The molecule has 19 nitrogen and oxygen atoms in total. The van der Waals surface area contributed by atoms with Crippen LogP contribution < -0.4 is 16.0 Å². The minimum Gasteiger partial charge on any atom is -0.481 e. The van der Waals surface area contributed by atoms with E-state index in [9.17, 15) is 58.4 Å². The van der Waals surface area contributed by atoms with Crippen molar-refractivity contribution in [1.29, 1.82) is 0 Å². The number of aryl methyl sites for hydroxylation is 1. The third kappa shape index (κ3) is 8.89. The highest BCUT2D eigenvalue weighted by molar-refractivity contribution is 9.09. The van der Waals surface area contributed by atoms with Gasteiger partial charge in [-0.25, -0.2) is 8.96 Å². The first-order valence-electron chi connectivity index (χ1n) is 21.4. The lowest BCUT2D eigenvalue weighted by Crippen LogP contribution is -2.69. The van der Waals surface area contributed by atoms with Gasteiger partial charge in [-0.05, 0) is 74.8 Å². The number of hydrogen-bond acceptors (Lipinski definition) is 12. The summed E-state index contributed by atoms with van der Waals surface area (Å²) in [7, 11) is -3.40. The number of nitrogens with one attached hydrogen (secondary N) is 3. The molecule has 358 valence electrons. The summed E-state index contributed by atoms with van der Waals surface area (Å²) in [5.41, 5.74) is -3.94. The first kappa shape index (κ1) is 49.5. The Morgan fingerprint density at radius 3 is 2.55 bits per heavy atom. The molecule has 3 saturated carbocycles. The number of aliphatic hydroxyl groups excluding tert-OH is 2. The number of halogens is 2. The molecular weight excluding hydrogens is 954 g/mol. The minimum absolute atomic E-state index is 0.0590. The van der Waals surface area contributed by atoms with Gasteiger partial charge in [0.05, 0.1) is 30.7 Å². The van der Waals surface area contributed by atoms with Crippen LogP contribution >= 0.6 is 23.8 Å². The van der Waals surface area contributed by atoms with Gasteiger partial charge in [-0.2, -0.15) is 0 Å². The van der Waals surface area contributed by atoms with Crippen molar-refractivity contribution in [2.24, 2.45) is 29.7 Å². The van der Waals surface area contributed by atoms with Gasteiger partial charge >= 0.3 is 13.8 Å². The maximum Gasteiger partial charge on any atom is 0.470 e. The number of hydrogen-bond donors (Lipinski definition) is 8. The molecule has 1 saturated heterocycles. The third-order valence-electron chi connectivity index (χ3n) is 14.4. The van der Waals surface area contributed by atoms with Crippen LogP contribution in [0.15, 0.2) is 54.3 Å². The number of ether oxygens (including phenoxy) is 2. The van der Waals surface area contributed by atoms with Crippen LogP contribution in [0.25, 0.3) is 0 Å². The predicted octanol–water partition coefficient (Wildman–Crippen LogP) is 2.72. The van der Waals surface area contributed by atoms with Gasteiger partial charge in [-0.15, -0.1) is 0 Å². The number of carboxylic acid groups (broad SMARTS) is 1. The van der Waals surface area contributed by atoms with Crippen molar-refractivity contribution in [3.8, 4) is 0 Å². The van der Waals surface area contributed by atoms with Crippen molar-refractivity contribution in [2.45, 2.75) is 101 Å². The van der Waals surface area contributed by atoms with Gasteiger partial charge in [0.2, 0.25) is 17.7 Å². The number of allylic oxidation sites excluding steroid dienone is 4. The fraction of sp³-hybridized carbons (Fsp3) is 0.545. The number of phosphoric acid groups is 1. The number of aliphatic carboxylic acids is 1. The third-order valence-corrected chi connectivity index (χ3v) is 15.4. The van der Waals surface area contributed by atoms with Gasteiger partial charge in [0, 0.05) is 65.3 Å². The molecule has 0 radical (unpaired) electrons. The van der Waals surface area contributed by atoms with E-state index in [4.69, 9.17) is 14.0 Å². The van der Waals surface area contributed by atoms with Crippen molar-refractivity contribution in [3.63, 3.8) is 0 Å². The van der Waals surface area contributed by atoms with E-state index in [0.717, 1.165) is 0 Å². The fourth-order valence-electron chi connectivity index (χ4n) is 11.2. The summed E-state index contributed by atoms with van der Waals surface area (Å²) < 4.78 is 49.6. The summed E-state index contributed by atoms with van der Waals surface area (Å²) in [5, 5.41) is 38.8. The number of amides is 3. The maximum atomic E-state index is 17.9. The van der Waals surface area contributed by atoms with E-state index in [0.29, 0.717) is 34.4 Å². The summed E-state index contributed by atoms with van der Waals surface area (Å²) >= 11 is 2.97. The highest BCUT2D eigenvalue weighted by Crippen LogP contribution is 2.72. The highest BCUT2D eigenvalue weighted by Gasteiger charge is 2.79. The number of carbonyl (C=O) groups excluding carboxylic acids is 5. The second kappa shape index (κ2) is 18.6. The molecule has 2 aromatic rings. The molecule has 0 bridgehead atoms. The molecule has 22 heteroatoms. The van der Waals surface area contributed by atoms with E-state index < -0.39 is 122 Å². The van der Waals surface area contributed by atoms with Gasteiger partial charge in [-0.1, -0.05) is 46.6 Å². The van der Waals surface area contributed by atoms with Crippen LogP contribution in [-0.4, -0.2) is 113 Å². The zero-order valence-electron chi connectivity index (χ0n) is 36.3. The lowest BCUT2D eigenvalue weighted by atomic mass is 9.44. The molecule has 8 N–H and O–H groups in total. The fourth-order valence-corrected chi connectivity index (χ4v) is 11.7. The van der Waals surface area contributed by atoms with Crippen LogP contribution in [0.3, 0.4) is 0 Å². The Kier molecular flexibility index (Phi) is 13.9. The highest BCUT2D eigenvalue weighted by atomic mass is 79.9. The number of carboxylic acids is 1. The number of aliphatic hydroxyl groups is 2. The normalized spacial score (nSPS) is 31.4. The number of Topliss-reactive ketones (excluding diaryl/α,β-unsaturated/α-hetero) is 1. The van der Waals surface area contributed by atoms with Gasteiger partial charge < -0.3 is 55.1 Å². The van der Waals surface area contributed by atoms with Crippen molar-refractivity contribution in [3.05, 3.63) is 76.6 Å². The molecular formula is C44H53BrFN4O15P. The molecule has 1 aromatic carbocycles. The average Bonchev–Trinajstić information content (AvgIpc) is 3.90. The minimum atomic E-state index is -5.15. The van der Waals surface area contributed by atoms with Crippen LogP contribution in [0.4, 0.5) is 10.1 Å². The monoisotopic (exact) mass is 1010 g/mol. The Morgan fingerprint density at radius 2 is 1.86 bits per heavy atom. The molecule has 5 aliphatic rings. The summed E-state index contributed by atoms with van der Waals surface area (Å²) in [6, 6.07) is 5.36. The molecule has 1 aromatic heterocycles. The van der Waals surface area contributed by atoms with Crippen LogP contribution in [0.5, 0.6) is 0 Å². The van der Waals surface area contributed by atoms with Crippen LogP contribution in [0.2, 0.25) is 0 Å². The molecule has 0 unspecified atom stereocenters. The number of rotatable bonds is 17. The molecule has 3 amide bonds. The van der Waals surface area contributed by atoms with E-state index in [2.05, 4.69) is 31.9 Å². The van der Waals surface area contributed by atoms with Gasteiger partial charge in [0.15, 0.2) is 29.1 Å². The smallest absolute Gasteiger partial charge is 0.470 e. The van der Waals surface area contributed by atoms with Crippen LogP contribution in [0.1, 0.15) is 81.0 Å². The standard InChI is InChI=1S/C44H53BrFN4O15P/c1-41-11-10-28(52)15-26(41)6-7-29-30-16-35-44(34(54)22-63-66(60,61)62,42(30,2)17-33(53)43(29,41)46)65-40(64-35)25-14-27(50(3)20-25)12-23-4-5-24(21-51)32(13-23)49-39(59)31(8-9-38(57)58)48-37(56)19-47-36(55)18-45/h4-5,10-11,13-15,20,29-31,33,35,40,51,53H,6-9,12,16-19,21-22H2,1-3H3,(H,47,55)(H,48,56)(H,49,59)(H,57,58)(H2,60,61,62)/t29-,30-,31-,33-,35+,40+,41-,42-,43-,44+/m0/s1. The topological polar surface area (TPSA) is 289 Å². The van der Waals surface area contributed by atoms with E-state index in [-0.39, 0.29) is 48.9 Å². The van der Waals surface area contributed by atoms with Crippen molar-refractivity contribution < 1.29 is 76.8 Å². The van der Waals surface area contributed by atoms with E-state index in [1.807, 2.05) is 0 Å². The number of fused-ring (bicyclic) bond motifs is 7. The predicted molar refractivity (Wildman–Crippen MR) is 233 cm³/mol. The Labute approximate surface area is 386 Å². The summed E-state index contributed by atoms with van der Waals surface area (Å²) in [4.78, 5) is 95.0. The molecule has 4 fully saturated rings. The number of anilines is 1. The Morgan fingerprint density at radius 1 is 1.12 bits per heavy atom. The summed E-state index contributed by atoms with van der Waals surface area (Å²) in [6.45, 7) is 1.39. The zero-order chi connectivity index (χ0) is 48.1. The number of aromatic nitrogens is 1. The largest absolute Gasteiger partial charge is 0.481 e. The Bertz CT molecular complexity index is 2440. The van der Waals surface area contributed by atoms with E-state index in [1.54, 1.807) is 55.9 Å². The zero-order valence-corrected chi connectivity index (χ0v) is 38.8. The molecule has 66 heavy (non-hydrogen) atoms. The van der Waals surface area contributed by atoms with Gasteiger partial charge in [0.1, 0.15) is 12.6 Å². The van der Waals surface area contributed by atoms with E-state index in [1.165, 1.54) is 18.2 Å². The molecule has 10 atom stereocenters. The Hall–Kier alpha value is -4.44. The number of nitrogens with zero attached hydrogens (tertiary/aromatic N) is 1. The lowest BCUT2D eigenvalue weighted by Gasteiger charge is -2.62. The first-order valence-corrected chi connectivity index (χ1v) is 24.0. The molecule has 2 heterocycles. The quantitative estimate of drug-likeness (QED) is 0.0836. The number of alkyl halides is 2. The lowest BCUT2D eigenvalue weighted by molar-refractivity contribution is -0.231. The average molecular weight is 1010 g/mol. The van der Waals surface area contributed by atoms with Crippen molar-refractivity contribution in [2.75, 3.05) is 23.8 Å². The van der Waals surface area contributed by atoms with Crippen molar-refractivity contribution >= 4 is 64.7 Å².